The molecule has 6 heteroatoms. The lowest BCUT2D eigenvalue weighted by Gasteiger charge is -2.00. The zero-order chi connectivity index (χ0) is 13.2. The fourth-order valence-corrected chi connectivity index (χ4v) is 1.88. The molecule has 1 N–H and O–H groups in total. The number of hydrogen-bond acceptors (Lipinski definition) is 4. The number of fused-ring (bicyclic) bond motifs is 1. The van der Waals surface area contributed by atoms with Gasteiger partial charge in [-0.2, -0.15) is 10.2 Å². The van der Waals surface area contributed by atoms with Crippen molar-refractivity contribution in [3.05, 3.63) is 53.2 Å². The molecule has 19 heavy (non-hydrogen) atoms. The summed E-state index contributed by atoms with van der Waals surface area (Å²) >= 11 is 6.01. The highest BCUT2D eigenvalue weighted by molar-refractivity contribution is 6.29. The zero-order valence-corrected chi connectivity index (χ0v) is 10.5. The van der Waals surface area contributed by atoms with Crippen molar-refractivity contribution in [1.82, 2.24) is 14.6 Å². The molecule has 0 spiro atoms. The third-order valence-corrected chi connectivity index (χ3v) is 2.87. The number of aromatic nitrogens is 3. The molecule has 2 heterocycles. The summed E-state index contributed by atoms with van der Waals surface area (Å²) in [6.07, 6.45) is 0. The average Bonchev–Trinajstić information content (AvgIpc) is 2.84. The van der Waals surface area contributed by atoms with Crippen molar-refractivity contribution in [3.63, 3.8) is 0 Å². The van der Waals surface area contributed by atoms with E-state index >= 15 is 0 Å². The fourth-order valence-electron chi connectivity index (χ4n) is 1.68. The molecule has 2 aromatic heterocycles. The van der Waals surface area contributed by atoms with Crippen molar-refractivity contribution in [2.45, 2.75) is 0 Å². The average molecular weight is 270 g/mol. The number of nitriles is 1. The first-order chi connectivity index (χ1) is 9.26. The summed E-state index contributed by atoms with van der Waals surface area (Å²) in [5.74, 6) is 0.456. The highest BCUT2D eigenvalue weighted by Crippen LogP contribution is 2.17. The number of halogens is 1. The number of anilines is 2. The molecule has 92 valence electrons. The number of rotatable bonds is 2. The van der Waals surface area contributed by atoms with Gasteiger partial charge in [-0.25, -0.2) is 4.52 Å². The summed E-state index contributed by atoms with van der Waals surface area (Å²) < 4.78 is 1.55. The van der Waals surface area contributed by atoms with E-state index in [0.717, 1.165) is 5.69 Å². The van der Waals surface area contributed by atoms with Crippen LogP contribution in [0, 0.1) is 11.3 Å². The molecule has 5 nitrogen and oxygen atoms in total. The number of nitrogens with one attached hydrogen (secondary N) is 1. The van der Waals surface area contributed by atoms with Gasteiger partial charge >= 0.3 is 0 Å². The molecule has 0 amide bonds. The van der Waals surface area contributed by atoms with Crippen molar-refractivity contribution in [1.29, 1.82) is 5.26 Å². The first-order valence-corrected chi connectivity index (χ1v) is 5.92. The van der Waals surface area contributed by atoms with Gasteiger partial charge in [0.25, 0.3) is 0 Å². The van der Waals surface area contributed by atoms with Crippen molar-refractivity contribution >= 4 is 28.9 Å². The van der Waals surface area contributed by atoms with Crippen LogP contribution in [0.1, 0.15) is 5.56 Å². The Hall–Kier alpha value is -2.58. The Kier molecular flexibility index (Phi) is 2.78. The van der Waals surface area contributed by atoms with E-state index < -0.39 is 0 Å². The Morgan fingerprint density at radius 1 is 1.16 bits per heavy atom. The highest BCUT2D eigenvalue weighted by Gasteiger charge is 2.05. The number of nitrogens with zero attached hydrogens (tertiary/aromatic N) is 4. The molecule has 0 saturated carbocycles. The lowest BCUT2D eigenvalue weighted by molar-refractivity contribution is 0.966. The van der Waals surface area contributed by atoms with Crippen molar-refractivity contribution in [2.24, 2.45) is 0 Å². The minimum atomic E-state index is 0.456. The number of hydrogen-bond donors (Lipinski definition) is 1. The van der Waals surface area contributed by atoms with E-state index in [9.17, 15) is 0 Å². The normalized spacial score (nSPS) is 10.3. The van der Waals surface area contributed by atoms with Gasteiger partial charge in [-0.1, -0.05) is 17.7 Å². The predicted octanol–water partition coefficient (Wildman–Crippen LogP) is 3.00. The molecule has 0 bridgehead atoms. The summed E-state index contributed by atoms with van der Waals surface area (Å²) in [6.45, 7) is 0. The van der Waals surface area contributed by atoms with Gasteiger partial charge in [-0.05, 0) is 36.4 Å². The molecule has 0 fully saturated rings. The van der Waals surface area contributed by atoms with Crippen LogP contribution < -0.4 is 5.32 Å². The van der Waals surface area contributed by atoms with Crippen LogP contribution in [-0.2, 0) is 0 Å². The van der Waals surface area contributed by atoms with Crippen LogP contribution >= 0.6 is 11.6 Å². The van der Waals surface area contributed by atoms with Gasteiger partial charge in [-0.15, -0.1) is 5.10 Å². The van der Waals surface area contributed by atoms with Crippen LogP contribution in [-0.4, -0.2) is 14.6 Å². The van der Waals surface area contributed by atoms with Crippen LogP contribution in [0.5, 0.6) is 0 Å². The zero-order valence-electron chi connectivity index (χ0n) is 9.71. The first-order valence-electron chi connectivity index (χ1n) is 5.55. The number of benzene rings is 1. The summed E-state index contributed by atoms with van der Waals surface area (Å²) in [5, 5.41) is 16.5. The van der Waals surface area contributed by atoms with Gasteiger partial charge in [0, 0.05) is 5.69 Å². The van der Waals surface area contributed by atoms with E-state index in [2.05, 4.69) is 21.5 Å². The molecule has 0 aliphatic heterocycles. The van der Waals surface area contributed by atoms with Gasteiger partial charge in [0.15, 0.2) is 5.65 Å². The maximum Gasteiger partial charge on any atom is 0.247 e. The SMILES string of the molecule is N#Cc1ccc(Nc2nc3cccc(Cl)n3n2)cc1. The third kappa shape index (κ3) is 2.21. The van der Waals surface area contributed by atoms with Crippen LogP contribution in [0.15, 0.2) is 42.5 Å². The minimum Gasteiger partial charge on any atom is -0.323 e. The second-order valence-corrected chi connectivity index (χ2v) is 4.26. The smallest absolute Gasteiger partial charge is 0.247 e. The van der Waals surface area contributed by atoms with Crippen LogP contribution in [0.4, 0.5) is 11.6 Å². The Balaban J connectivity index is 1.92. The lowest BCUT2D eigenvalue weighted by Crippen LogP contribution is -1.93. The predicted molar refractivity (Wildman–Crippen MR) is 72.4 cm³/mol. The van der Waals surface area contributed by atoms with Crippen LogP contribution in [0.2, 0.25) is 5.15 Å². The molecular weight excluding hydrogens is 262 g/mol. The van der Waals surface area contributed by atoms with E-state index in [1.165, 1.54) is 0 Å². The fraction of sp³-hybridized carbons (Fsp3) is 0. The van der Waals surface area contributed by atoms with Gasteiger partial charge in [0.1, 0.15) is 5.15 Å². The standard InChI is InChI=1S/C13H8ClN5/c14-11-2-1-3-12-17-13(18-19(11)12)16-10-6-4-9(8-15)5-7-10/h1-7H,(H,16,18). The molecule has 0 aliphatic rings. The Morgan fingerprint density at radius 3 is 2.63 bits per heavy atom. The van der Waals surface area contributed by atoms with Crippen molar-refractivity contribution in [3.8, 4) is 6.07 Å². The first kappa shape index (κ1) is 11.5. The molecule has 0 radical (unpaired) electrons. The van der Waals surface area contributed by atoms with Crippen molar-refractivity contribution < 1.29 is 0 Å². The Morgan fingerprint density at radius 2 is 1.95 bits per heavy atom. The highest BCUT2D eigenvalue weighted by atomic mass is 35.5. The summed E-state index contributed by atoms with van der Waals surface area (Å²) in [6, 6.07) is 14.5. The summed E-state index contributed by atoms with van der Waals surface area (Å²) in [4.78, 5) is 4.30. The van der Waals surface area contributed by atoms with Crippen molar-refractivity contribution in [2.75, 3.05) is 5.32 Å². The van der Waals surface area contributed by atoms with E-state index in [1.54, 1.807) is 34.8 Å². The Labute approximate surface area is 114 Å². The molecule has 0 unspecified atom stereocenters. The van der Waals surface area contributed by atoms with E-state index in [1.807, 2.05) is 12.1 Å². The maximum absolute atomic E-state index is 8.73. The second kappa shape index (κ2) is 4.59. The van der Waals surface area contributed by atoms with Crippen LogP contribution in [0.3, 0.4) is 0 Å². The summed E-state index contributed by atoms with van der Waals surface area (Å²) in [7, 11) is 0. The number of pyridine rings is 1. The monoisotopic (exact) mass is 269 g/mol. The molecular formula is C13H8ClN5. The Bertz CT molecular complexity index is 770. The quantitative estimate of drug-likeness (QED) is 0.726. The van der Waals surface area contributed by atoms with Gasteiger partial charge in [0.2, 0.25) is 5.95 Å². The largest absolute Gasteiger partial charge is 0.323 e. The van der Waals surface area contributed by atoms with Crippen LogP contribution in [0.25, 0.3) is 5.65 Å². The maximum atomic E-state index is 8.73. The van der Waals surface area contributed by atoms with E-state index in [-0.39, 0.29) is 0 Å². The lowest BCUT2D eigenvalue weighted by atomic mass is 10.2. The molecule has 0 saturated heterocycles. The minimum absolute atomic E-state index is 0.456. The van der Waals surface area contributed by atoms with E-state index in [0.29, 0.717) is 22.3 Å². The van der Waals surface area contributed by atoms with Gasteiger partial charge < -0.3 is 5.32 Å². The molecule has 0 aliphatic carbocycles. The molecule has 3 aromatic rings. The topological polar surface area (TPSA) is 66.0 Å². The summed E-state index contributed by atoms with van der Waals surface area (Å²) in [5.41, 5.74) is 2.09. The molecule has 3 rings (SSSR count). The van der Waals surface area contributed by atoms with Gasteiger partial charge in [0.05, 0.1) is 11.6 Å². The van der Waals surface area contributed by atoms with E-state index in [4.69, 9.17) is 16.9 Å². The second-order valence-electron chi connectivity index (χ2n) is 3.87. The molecule has 0 atom stereocenters. The van der Waals surface area contributed by atoms with Gasteiger partial charge in [-0.3, -0.25) is 0 Å². The molecule has 1 aromatic carbocycles. The third-order valence-electron chi connectivity index (χ3n) is 2.58.